The molecular weight excluding hydrogens is 486 g/mol. The van der Waals surface area contributed by atoms with Gasteiger partial charge in [0, 0.05) is 13.1 Å². The number of carbonyl (C=O) groups excluding carboxylic acids is 3. The van der Waals surface area contributed by atoms with E-state index in [0.717, 1.165) is 0 Å². The molecule has 16 nitrogen and oxygen atoms in total. The minimum atomic E-state index is -1.24. The first-order valence-electron chi connectivity index (χ1n) is 12.1. The van der Waals surface area contributed by atoms with E-state index in [4.69, 9.17) is 39.5 Å². The molecule has 16 N–H and O–H groups in total. The van der Waals surface area contributed by atoms with Gasteiger partial charge in [0.1, 0.15) is 18.1 Å². The maximum Gasteiger partial charge on any atom is 0.325 e. The number of aliphatic carboxylic acids is 1. The van der Waals surface area contributed by atoms with Crippen LogP contribution in [-0.4, -0.2) is 84.5 Å². The van der Waals surface area contributed by atoms with E-state index in [9.17, 15) is 19.2 Å². The van der Waals surface area contributed by atoms with E-state index in [1.165, 1.54) is 6.92 Å². The number of guanidine groups is 2. The Kier molecular flexibility index (Phi) is 16.7. The van der Waals surface area contributed by atoms with E-state index < -0.39 is 47.9 Å². The maximum atomic E-state index is 13.1. The summed E-state index contributed by atoms with van der Waals surface area (Å²) in [6, 6.07) is -4.17. The summed E-state index contributed by atoms with van der Waals surface area (Å²) in [7, 11) is 0. The number of carboxylic acids is 1. The van der Waals surface area contributed by atoms with Crippen molar-refractivity contribution in [3.05, 3.63) is 0 Å². The smallest absolute Gasteiger partial charge is 0.325 e. The van der Waals surface area contributed by atoms with Gasteiger partial charge in [0.05, 0.1) is 6.04 Å². The Hall–Kier alpha value is -3.66. The summed E-state index contributed by atoms with van der Waals surface area (Å²) in [5.74, 6) is -3.30. The fourth-order valence-electron chi connectivity index (χ4n) is 3.11. The Bertz CT molecular complexity index is 798. The van der Waals surface area contributed by atoms with Crippen LogP contribution >= 0.6 is 0 Å². The molecule has 0 aromatic heterocycles. The Morgan fingerprint density at radius 2 is 1.19 bits per heavy atom. The Balaban J connectivity index is 5.39. The highest BCUT2D eigenvalue weighted by atomic mass is 16.4. The summed E-state index contributed by atoms with van der Waals surface area (Å²) in [5, 5.41) is 16.7. The topological polar surface area (TPSA) is 305 Å². The number of amides is 3. The summed E-state index contributed by atoms with van der Waals surface area (Å²) in [6.07, 6.45) is 2.58. The van der Waals surface area contributed by atoms with Crippen LogP contribution in [0.1, 0.15) is 51.9 Å². The van der Waals surface area contributed by atoms with Crippen LogP contribution in [0.15, 0.2) is 9.98 Å². The zero-order valence-electron chi connectivity index (χ0n) is 21.3. The van der Waals surface area contributed by atoms with Gasteiger partial charge < -0.3 is 55.5 Å². The predicted molar refractivity (Wildman–Crippen MR) is 140 cm³/mol. The first-order valence-corrected chi connectivity index (χ1v) is 12.1. The van der Waals surface area contributed by atoms with Crippen molar-refractivity contribution in [3.8, 4) is 0 Å². The summed E-state index contributed by atoms with van der Waals surface area (Å²) >= 11 is 0. The van der Waals surface area contributed by atoms with E-state index in [1.54, 1.807) is 0 Å². The van der Waals surface area contributed by atoms with Crippen LogP contribution in [0.3, 0.4) is 0 Å². The lowest BCUT2D eigenvalue weighted by molar-refractivity contribution is -0.141. The van der Waals surface area contributed by atoms with Gasteiger partial charge in [-0.15, -0.1) is 0 Å². The van der Waals surface area contributed by atoms with Crippen molar-refractivity contribution in [1.82, 2.24) is 16.0 Å². The van der Waals surface area contributed by atoms with Crippen molar-refractivity contribution in [2.75, 3.05) is 19.6 Å². The van der Waals surface area contributed by atoms with Crippen molar-refractivity contribution >= 4 is 35.6 Å². The molecular formula is C21H43N11O5. The zero-order valence-corrected chi connectivity index (χ0v) is 21.3. The molecule has 0 aromatic rings. The molecule has 0 saturated carbocycles. The van der Waals surface area contributed by atoms with Gasteiger partial charge in [-0.25, -0.2) is 0 Å². The second kappa shape index (κ2) is 18.6. The highest BCUT2D eigenvalue weighted by Crippen LogP contribution is 2.06. The average molecular weight is 530 g/mol. The summed E-state index contributed by atoms with van der Waals surface area (Å²) in [4.78, 5) is 57.2. The molecule has 0 aromatic carbocycles. The molecule has 0 rings (SSSR count). The van der Waals surface area contributed by atoms with E-state index in [1.807, 2.05) is 0 Å². The summed E-state index contributed by atoms with van der Waals surface area (Å²) in [6.45, 7) is 2.19. The molecule has 212 valence electrons. The Morgan fingerprint density at radius 1 is 0.730 bits per heavy atom. The molecule has 4 atom stereocenters. The van der Waals surface area contributed by atoms with Crippen molar-refractivity contribution < 1.29 is 24.3 Å². The van der Waals surface area contributed by atoms with Gasteiger partial charge in [-0.2, -0.15) is 0 Å². The van der Waals surface area contributed by atoms with E-state index in [0.29, 0.717) is 38.8 Å². The van der Waals surface area contributed by atoms with Gasteiger partial charge in [-0.1, -0.05) is 0 Å². The SMILES string of the molecule is C[C@H](NC(=O)[C@H](CCCN=C(N)N)NC(=O)[C@H](CCCCN)NC(=O)[C@@H](N)CCCN=C(N)N)C(=O)O. The number of nitrogens with zero attached hydrogens (tertiary/aromatic N) is 2. The van der Waals surface area contributed by atoms with Crippen molar-refractivity contribution in [2.45, 2.75) is 76.0 Å². The van der Waals surface area contributed by atoms with E-state index >= 15 is 0 Å². The van der Waals surface area contributed by atoms with Gasteiger partial charge in [0.15, 0.2) is 11.9 Å². The molecule has 0 aliphatic heterocycles. The molecule has 0 aliphatic carbocycles. The fourth-order valence-corrected chi connectivity index (χ4v) is 3.11. The van der Waals surface area contributed by atoms with Crippen molar-refractivity contribution in [2.24, 2.45) is 44.4 Å². The second-order valence-electron chi connectivity index (χ2n) is 8.48. The van der Waals surface area contributed by atoms with Crippen molar-refractivity contribution in [3.63, 3.8) is 0 Å². The first kappa shape index (κ1) is 33.3. The molecule has 0 radical (unpaired) electrons. The number of hydrogen-bond acceptors (Lipinski definition) is 8. The average Bonchev–Trinajstić information content (AvgIpc) is 2.82. The molecule has 0 bridgehead atoms. The van der Waals surface area contributed by atoms with Crippen LogP contribution < -0.4 is 50.4 Å². The lowest BCUT2D eigenvalue weighted by Crippen LogP contribution is -2.56. The van der Waals surface area contributed by atoms with Gasteiger partial charge in [0.2, 0.25) is 17.7 Å². The van der Waals surface area contributed by atoms with Crippen LogP contribution in [0.5, 0.6) is 0 Å². The molecule has 16 heteroatoms. The molecule has 3 amide bonds. The molecule has 0 aliphatic rings. The third-order valence-electron chi connectivity index (χ3n) is 5.19. The Morgan fingerprint density at radius 3 is 1.68 bits per heavy atom. The molecule has 0 saturated heterocycles. The lowest BCUT2D eigenvalue weighted by atomic mass is 10.0. The lowest BCUT2D eigenvalue weighted by Gasteiger charge is -2.25. The third-order valence-corrected chi connectivity index (χ3v) is 5.19. The highest BCUT2D eigenvalue weighted by molar-refractivity contribution is 5.94. The van der Waals surface area contributed by atoms with Crippen LogP contribution in [0.25, 0.3) is 0 Å². The quantitative estimate of drug-likeness (QED) is 0.0438. The monoisotopic (exact) mass is 529 g/mol. The number of nitrogens with one attached hydrogen (secondary N) is 3. The van der Waals surface area contributed by atoms with Crippen LogP contribution in [0.4, 0.5) is 0 Å². The highest BCUT2D eigenvalue weighted by Gasteiger charge is 2.29. The number of aliphatic imine (C=N–C) groups is 2. The van der Waals surface area contributed by atoms with Gasteiger partial charge in [0.25, 0.3) is 0 Å². The normalized spacial score (nSPS) is 13.8. The number of carboxylic acid groups (broad SMARTS) is 1. The van der Waals surface area contributed by atoms with E-state index in [-0.39, 0.29) is 37.7 Å². The number of nitrogens with two attached hydrogens (primary N) is 6. The molecule has 0 unspecified atom stereocenters. The first-order chi connectivity index (χ1) is 17.4. The molecule has 0 heterocycles. The van der Waals surface area contributed by atoms with E-state index in [2.05, 4.69) is 25.9 Å². The number of unbranched alkanes of at least 4 members (excludes halogenated alkanes) is 1. The molecule has 0 spiro atoms. The molecule has 37 heavy (non-hydrogen) atoms. The van der Waals surface area contributed by atoms with Crippen molar-refractivity contribution in [1.29, 1.82) is 0 Å². The number of carbonyl (C=O) groups is 4. The summed E-state index contributed by atoms with van der Waals surface area (Å²) in [5.41, 5.74) is 32.6. The minimum Gasteiger partial charge on any atom is -0.480 e. The van der Waals surface area contributed by atoms with Crippen LogP contribution in [0.2, 0.25) is 0 Å². The number of hydrogen-bond donors (Lipinski definition) is 10. The fraction of sp³-hybridized carbons (Fsp3) is 0.714. The van der Waals surface area contributed by atoms with Gasteiger partial charge in [-0.3, -0.25) is 29.2 Å². The van der Waals surface area contributed by atoms with Crippen LogP contribution in [-0.2, 0) is 19.2 Å². The summed E-state index contributed by atoms with van der Waals surface area (Å²) < 4.78 is 0. The second-order valence-corrected chi connectivity index (χ2v) is 8.48. The maximum absolute atomic E-state index is 13.1. The van der Waals surface area contributed by atoms with Crippen LogP contribution in [0, 0.1) is 0 Å². The predicted octanol–water partition coefficient (Wildman–Crippen LogP) is -3.89. The largest absolute Gasteiger partial charge is 0.480 e. The minimum absolute atomic E-state index is 0.0655. The Labute approximate surface area is 216 Å². The zero-order chi connectivity index (χ0) is 28.4. The molecule has 0 fully saturated rings. The standard InChI is InChI=1S/C21H43N11O5/c1-12(19(36)37)30-17(34)15(8-5-11-29-21(26)27)32-18(35)14(7-2-3-9-22)31-16(33)13(23)6-4-10-28-20(24)25/h12-15H,2-11,22-23H2,1H3,(H,30,34)(H,31,33)(H,32,35)(H,36,37)(H4,24,25,28)(H4,26,27,29)/t12-,13-,14-,15-/m0/s1. The third kappa shape index (κ3) is 15.8. The van der Waals surface area contributed by atoms with Gasteiger partial charge >= 0.3 is 5.97 Å². The van der Waals surface area contributed by atoms with Gasteiger partial charge in [-0.05, 0) is 58.4 Å². The number of rotatable bonds is 19.